The van der Waals surface area contributed by atoms with Crippen molar-refractivity contribution in [2.45, 2.75) is 44.7 Å². The van der Waals surface area contributed by atoms with E-state index in [0.29, 0.717) is 25.7 Å². The van der Waals surface area contributed by atoms with Crippen molar-refractivity contribution < 1.29 is 4.79 Å². The minimum Gasteiger partial charge on any atom is -0.333 e. The number of fused-ring (bicyclic) bond motifs is 3. The quantitative estimate of drug-likeness (QED) is 0.866. The van der Waals surface area contributed by atoms with E-state index < -0.39 is 0 Å². The van der Waals surface area contributed by atoms with Crippen LogP contribution in [-0.2, 0) is 26.2 Å². The normalized spacial score (nSPS) is 25.1. The first-order valence-electron chi connectivity index (χ1n) is 9.71. The Balaban J connectivity index is 1.18. The van der Waals surface area contributed by atoms with Crippen LogP contribution < -0.4 is 5.32 Å². The zero-order valence-electron chi connectivity index (χ0n) is 15.7. The Morgan fingerprint density at radius 2 is 2.26 bits per heavy atom. The summed E-state index contributed by atoms with van der Waals surface area (Å²) < 4.78 is 2.08. The van der Waals surface area contributed by atoms with Gasteiger partial charge in [0.1, 0.15) is 0 Å². The summed E-state index contributed by atoms with van der Waals surface area (Å²) in [5.41, 5.74) is 2.28. The van der Waals surface area contributed by atoms with Gasteiger partial charge >= 0.3 is 6.03 Å². The fourth-order valence-electron chi connectivity index (χ4n) is 4.61. The van der Waals surface area contributed by atoms with Crippen LogP contribution in [0.1, 0.15) is 22.7 Å². The van der Waals surface area contributed by atoms with Gasteiger partial charge in [-0.25, -0.2) is 4.79 Å². The van der Waals surface area contributed by atoms with E-state index in [1.54, 1.807) is 11.3 Å². The van der Waals surface area contributed by atoms with Crippen LogP contribution in [0.4, 0.5) is 4.79 Å². The van der Waals surface area contributed by atoms with Gasteiger partial charge in [-0.3, -0.25) is 9.58 Å². The summed E-state index contributed by atoms with van der Waals surface area (Å²) in [6.45, 7) is 5.98. The lowest BCUT2D eigenvalue weighted by atomic mass is 10.2. The van der Waals surface area contributed by atoms with Gasteiger partial charge in [0.2, 0.25) is 0 Å². The van der Waals surface area contributed by atoms with E-state index >= 15 is 0 Å². The zero-order valence-corrected chi connectivity index (χ0v) is 16.5. The summed E-state index contributed by atoms with van der Waals surface area (Å²) in [5, 5.41) is 9.86. The predicted molar refractivity (Wildman–Crippen MR) is 104 cm³/mol. The number of hydrogen-bond acceptors (Lipinski definition) is 5. The number of piperazine rings is 1. The predicted octanol–water partition coefficient (Wildman–Crippen LogP) is 1.56. The molecule has 5 heterocycles. The van der Waals surface area contributed by atoms with Gasteiger partial charge in [0.05, 0.1) is 31.0 Å². The Morgan fingerprint density at radius 1 is 1.33 bits per heavy atom. The first-order chi connectivity index (χ1) is 13.2. The van der Waals surface area contributed by atoms with Crippen molar-refractivity contribution in [3.05, 3.63) is 39.8 Å². The highest BCUT2D eigenvalue weighted by Crippen LogP contribution is 2.30. The molecule has 0 unspecified atom stereocenters. The number of likely N-dealkylation sites (tertiary alicyclic amines) is 2. The number of amides is 2. The lowest BCUT2D eigenvalue weighted by Gasteiger charge is -2.31. The second kappa shape index (κ2) is 6.92. The Bertz CT molecular complexity index is 816. The average Bonchev–Trinajstić information content (AvgIpc) is 3.43. The number of thiophene rings is 1. The number of nitrogens with one attached hydrogen (secondary N) is 1. The largest absolute Gasteiger partial charge is 0.333 e. The van der Waals surface area contributed by atoms with Crippen LogP contribution in [0.15, 0.2) is 23.6 Å². The molecule has 2 aromatic heterocycles. The Morgan fingerprint density at radius 3 is 3.00 bits per heavy atom. The van der Waals surface area contributed by atoms with Gasteiger partial charge in [-0.1, -0.05) is 6.07 Å². The average molecular weight is 387 g/mol. The summed E-state index contributed by atoms with van der Waals surface area (Å²) in [6.07, 6.45) is 1.29. The molecule has 2 amide bonds. The highest BCUT2D eigenvalue weighted by atomic mass is 32.1. The molecule has 0 radical (unpaired) electrons. The summed E-state index contributed by atoms with van der Waals surface area (Å²) in [6, 6.07) is 7.65. The van der Waals surface area contributed by atoms with E-state index in [9.17, 15) is 4.79 Å². The number of carbonyl (C=O) groups is 1. The van der Waals surface area contributed by atoms with Crippen LogP contribution in [0.5, 0.6) is 0 Å². The van der Waals surface area contributed by atoms with Crippen LogP contribution in [0.25, 0.3) is 0 Å². The first kappa shape index (κ1) is 17.2. The number of carbonyl (C=O) groups excluding carboxylic acids is 1. The molecule has 5 rings (SSSR count). The lowest BCUT2D eigenvalue weighted by molar-refractivity contribution is 0.142. The molecule has 2 saturated heterocycles. The number of urea groups is 1. The molecule has 27 heavy (non-hydrogen) atoms. The van der Waals surface area contributed by atoms with E-state index in [1.807, 2.05) is 22.4 Å². The van der Waals surface area contributed by atoms with Gasteiger partial charge in [-0.15, -0.1) is 11.3 Å². The van der Waals surface area contributed by atoms with Crippen molar-refractivity contribution in [2.75, 3.05) is 26.7 Å². The molecule has 7 nitrogen and oxygen atoms in total. The molecule has 0 aromatic carbocycles. The molecule has 3 aliphatic heterocycles. The maximum absolute atomic E-state index is 12.5. The zero-order chi connectivity index (χ0) is 18.4. The second-order valence-corrected chi connectivity index (χ2v) is 8.95. The molecule has 3 aliphatic rings. The molecule has 144 valence electrons. The molecule has 0 aliphatic carbocycles. The summed E-state index contributed by atoms with van der Waals surface area (Å²) in [4.78, 5) is 20.6. The van der Waals surface area contributed by atoms with Crippen molar-refractivity contribution in [1.82, 2.24) is 29.8 Å². The lowest BCUT2D eigenvalue weighted by Crippen LogP contribution is -2.44. The molecule has 8 heteroatoms. The van der Waals surface area contributed by atoms with Gasteiger partial charge in [0.25, 0.3) is 0 Å². The highest BCUT2D eigenvalue weighted by molar-refractivity contribution is 7.09. The molecule has 1 N–H and O–H groups in total. The monoisotopic (exact) mass is 386 g/mol. The second-order valence-electron chi connectivity index (χ2n) is 7.92. The first-order valence-corrected chi connectivity index (χ1v) is 10.6. The van der Waals surface area contributed by atoms with E-state index in [4.69, 9.17) is 5.10 Å². The number of likely N-dealkylation sites (N-methyl/N-ethyl adjacent to an activating group) is 1. The van der Waals surface area contributed by atoms with Crippen molar-refractivity contribution in [2.24, 2.45) is 0 Å². The van der Waals surface area contributed by atoms with Crippen LogP contribution >= 0.6 is 11.3 Å². The van der Waals surface area contributed by atoms with Gasteiger partial charge < -0.3 is 15.1 Å². The van der Waals surface area contributed by atoms with Crippen molar-refractivity contribution in [3.8, 4) is 0 Å². The van der Waals surface area contributed by atoms with E-state index in [1.165, 1.54) is 17.8 Å². The van der Waals surface area contributed by atoms with E-state index in [2.05, 4.69) is 32.9 Å². The van der Waals surface area contributed by atoms with Crippen LogP contribution in [0, 0.1) is 0 Å². The molecule has 2 fully saturated rings. The molecule has 0 saturated carbocycles. The summed E-state index contributed by atoms with van der Waals surface area (Å²) in [7, 11) is 2.23. The van der Waals surface area contributed by atoms with E-state index in [0.717, 1.165) is 37.1 Å². The number of nitrogens with zero attached hydrogens (tertiary/aromatic N) is 5. The third kappa shape index (κ3) is 3.37. The fraction of sp³-hybridized carbons (Fsp3) is 0.579. The third-order valence-electron chi connectivity index (χ3n) is 6.12. The number of rotatable bonds is 4. The molecule has 2 aromatic rings. The number of aromatic nitrogens is 2. The molecular weight excluding hydrogens is 360 g/mol. The minimum absolute atomic E-state index is 0.0114. The highest BCUT2D eigenvalue weighted by Gasteiger charge is 2.41. The minimum atomic E-state index is 0.0114. The Labute approximate surface area is 163 Å². The fourth-order valence-corrected chi connectivity index (χ4v) is 5.26. The smallest absolute Gasteiger partial charge is 0.318 e. The van der Waals surface area contributed by atoms with Crippen LogP contribution in [-0.4, -0.2) is 69.3 Å². The van der Waals surface area contributed by atoms with Crippen LogP contribution in [0.2, 0.25) is 0 Å². The topological polar surface area (TPSA) is 56.6 Å². The Hall–Kier alpha value is -1.90. The van der Waals surface area contributed by atoms with E-state index in [-0.39, 0.29) is 6.03 Å². The molecular formula is C19H26N6OS. The SMILES string of the molecule is CN1C[C@@H]2C[C@H]1CN2Cc1cc2n(n1)CCN(C(=O)NCc1cccs1)C2. The van der Waals surface area contributed by atoms with Gasteiger partial charge in [-0.2, -0.15) is 5.10 Å². The molecule has 0 spiro atoms. The third-order valence-corrected chi connectivity index (χ3v) is 7.00. The van der Waals surface area contributed by atoms with Crippen molar-refractivity contribution in [3.63, 3.8) is 0 Å². The maximum Gasteiger partial charge on any atom is 0.318 e. The van der Waals surface area contributed by atoms with Crippen LogP contribution in [0.3, 0.4) is 0 Å². The Kier molecular flexibility index (Phi) is 4.41. The van der Waals surface area contributed by atoms with Gasteiger partial charge in [0, 0.05) is 43.1 Å². The summed E-state index contributed by atoms with van der Waals surface area (Å²) in [5.74, 6) is 0. The molecule has 2 atom stereocenters. The van der Waals surface area contributed by atoms with Crippen molar-refractivity contribution >= 4 is 17.4 Å². The standard InChI is InChI=1S/C19H26N6OS/c1-22-11-16-8-15(22)12-24(16)10-14-7-17-13-23(4-5-25(17)21-14)19(26)20-9-18-3-2-6-27-18/h2-3,6-7,15-16H,4-5,8-13H2,1H3,(H,20,26)/t15-,16-/m0/s1. The summed E-state index contributed by atoms with van der Waals surface area (Å²) >= 11 is 1.67. The van der Waals surface area contributed by atoms with Crippen molar-refractivity contribution in [1.29, 1.82) is 0 Å². The maximum atomic E-state index is 12.5. The molecule has 2 bridgehead atoms. The van der Waals surface area contributed by atoms with Gasteiger partial charge in [0.15, 0.2) is 0 Å². The van der Waals surface area contributed by atoms with Gasteiger partial charge in [-0.05, 0) is 31.0 Å². The number of hydrogen-bond donors (Lipinski definition) is 1.